The van der Waals surface area contributed by atoms with Crippen LogP contribution in [-0.4, -0.2) is 18.3 Å². The van der Waals surface area contributed by atoms with Gasteiger partial charge in [0, 0.05) is 6.08 Å². The molecule has 1 aromatic carbocycles. The first-order chi connectivity index (χ1) is 8.86. The highest BCUT2D eigenvalue weighted by molar-refractivity contribution is 6.62. The van der Waals surface area contributed by atoms with Crippen LogP contribution in [-0.2, 0) is 9.31 Å². The molecule has 0 N–H and O–H groups in total. The molecular formula is C15H18BNO2. The van der Waals surface area contributed by atoms with Crippen LogP contribution in [0, 0.1) is 11.3 Å². The van der Waals surface area contributed by atoms with E-state index in [9.17, 15) is 0 Å². The lowest BCUT2D eigenvalue weighted by Gasteiger charge is -2.32. The Hall–Kier alpha value is -1.57. The fourth-order valence-corrected chi connectivity index (χ4v) is 1.88. The van der Waals surface area contributed by atoms with Crippen molar-refractivity contribution in [2.75, 3.05) is 0 Å². The van der Waals surface area contributed by atoms with Gasteiger partial charge >= 0.3 is 7.12 Å². The highest BCUT2D eigenvalue weighted by Crippen LogP contribution is 2.36. The molecule has 1 fully saturated rings. The molecule has 0 bridgehead atoms. The van der Waals surface area contributed by atoms with Crippen molar-refractivity contribution in [2.45, 2.75) is 38.9 Å². The van der Waals surface area contributed by atoms with Crippen molar-refractivity contribution in [1.82, 2.24) is 0 Å². The van der Waals surface area contributed by atoms with E-state index in [2.05, 4.69) is 0 Å². The zero-order valence-corrected chi connectivity index (χ0v) is 11.8. The first kappa shape index (κ1) is 13.9. The number of rotatable bonds is 2. The molecule has 1 aliphatic rings. The highest BCUT2D eigenvalue weighted by Gasteiger charge is 2.51. The van der Waals surface area contributed by atoms with E-state index in [0.29, 0.717) is 0 Å². The third-order valence-corrected chi connectivity index (χ3v) is 3.81. The van der Waals surface area contributed by atoms with Crippen molar-refractivity contribution in [1.29, 1.82) is 5.26 Å². The van der Waals surface area contributed by atoms with E-state index in [1.54, 1.807) is 6.08 Å². The summed E-state index contributed by atoms with van der Waals surface area (Å²) in [6, 6.07) is 9.83. The summed E-state index contributed by atoms with van der Waals surface area (Å²) in [6.07, 6.45) is 3.23. The average Bonchev–Trinajstić information content (AvgIpc) is 2.56. The lowest BCUT2D eigenvalue weighted by Crippen LogP contribution is -2.41. The molecule has 3 nitrogen and oxygen atoms in total. The highest BCUT2D eigenvalue weighted by atomic mass is 16.7. The quantitative estimate of drug-likeness (QED) is 0.602. The number of hydrogen-bond donors (Lipinski definition) is 0. The molecule has 0 radical (unpaired) electrons. The first-order valence-electron chi connectivity index (χ1n) is 6.37. The van der Waals surface area contributed by atoms with Gasteiger partial charge in [0.1, 0.15) is 0 Å². The van der Waals surface area contributed by atoms with E-state index in [4.69, 9.17) is 14.6 Å². The van der Waals surface area contributed by atoms with Gasteiger partial charge in [-0.15, -0.1) is 0 Å². The van der Waals surface area contributed by atoms with Crippen molar-refractivity contribution in [3.8, 4) is 6.07 Å². The lowest BCUT2D eigenvalue weighted by molar-refractivity contribution is 0.00578. The second-order valence-corrected chi connectivity index (χ2v) is 5.72. The SMILES string of the molecule is CC1(C)OB(c2ccc(C=CC#N)cc2)OC1(C)C. The molecule has 1 aromatic rings. The van der Waals surface area contributed by atoms with Crippen molar-refractivity contribution in [2.24, 2.45) is 0 Å². The standard InChI is InChI=1S/C15H18BNO2/c1-14(2)15(3,4)19-16(18-14)13-9-7-12(8-10-13)6-5-11-17/h5-10H,1-4H3. The molecule has 0 saturated carbocycles. The minimum atomic E-state index is -0.334. The number of nitrogens with zero attached hydrogens (tertiary/aromatic N) is 1. The monoisotopic (exact) mass is 255 g/mol. The fraction of sp³-hybridized carbons (Fsp3) is 0.400. The third-order valence-electron chi connectivity index (χ3n) is 3.81. The van der Waals surface area contributed by atoms with Gasteiger partial charge in [0.2, 0.25) is 0 Å². The van der Waals surface area contributed by atoms with E-state index in [-0.39, 0.29) is 18.3 Å². The normalized spacial score (nSPS) is 20.7. The number of benzene rings is 1. The minimum Gasteiger partial charge on any atom is -0.399 e. The van der Waals surface area contributed by atoms with E-state index >= 15 is 0 Å². The van der Waals surface area contributed by atoms with Gasteiger partial charge in [0.25, 0.3) is 0 Å². The van der Waals surface area contributed by atoms with Crippen LogP contribution in [0.1, 0.15) is 33.3 Å². The van der Waals surface area contributed by atoms with Crippen molar-refractivity contribution < 1.29 is 9.31 Å². The predicted molar refractivity (Wildman–Crippen MR) is 76.8 cm³/mol. The zero-order chi connectivity index (χ0) is 14.1. The van der Waals surface area contributed by atoms with E-state index in [1.807, 2.05) is 58.0 Å². The maximum atomic E-state index is 8.49. The van der Waals surface area contributed by atoms with Gasteiger partial charge in [-0.05, 0) is 44.8 Å². The van der Waals surface area contributed by atoms with Crippen LogP contribution in [0.25, 0.3) is 6.08 Å². The summed E-state index contributed by atoms with van der Waals surface area (Å²) in [5, 5.41) is 8.49. The van der Waals surface area contributed by atoms with Gasteiger partial charge in [0.15, 0.2) is 0 Å². The van der Waals surface area contributed by atoms with Crippen molar-refractivity contribution in [3.63, 3.8) is 0 Å². The average molecular weight is 255 g/mol. The molecule has 2 rings (SSSR count). The Morgan fingerprint density at radius 2 is 1.58 bits per heavy atom. The third kappa shape index (κ3) is 2.73. The fourth-order valence-electron chi connectivity index (χ4n) is 1.88. The molecule has 0 unspecified atom stereocenters. The summed E-state index contributed by atoms with van der Waals surface area (Å²) in [4.78, 5) is 0. The Balaban J connectivity index is 2.17. The van der Waals surface area contributed by atoms with Gasteiger partial charge < -0.3 is 9.31 Å². The Kier molecular flexibility index (Phi) is 3.53. The minimum absolute atomic E-state index is 0.322. The summed E-state index contributed by atoms with van der Waals surface area (Å²) in [7, 11) is -0.334. The van der Waals surface area contributed by atoms with Crippen LogP contribution in [0.15, 0.2) is 30.3 Å². The maximum Gasteiger partial charge on any atom is 0.494 e. The summed E-state index contributed by atoms with van der Waals surface area (Å²) in [5.41, 5.74) is 1.34. The van der Waals surface area contributed by atoms with Crippen LogP contribution in [0.5, 0.6) is 0 Å². The molecule has 1 aliphatic heterocycles. The molecule has 1 saturated heterocycles. The molecule has 0 spiro atoms. The summed E-state index contributed by atoms with van der Waals surface area (Å²) >= 11 is 0. The van der Waals surface area contributed by atoms with Crippen LogP contribution in [0.3, 0.4) is 0 Å². The lowest BCUT2D eigenvalue weighted by atomic mass is 9.79. The molecule has 4 heteroatoms. The predicted octanol–water partition coefficient (Wildman–Crippen LogP) is 2.52. The van der Waals surface area contributed by atoms with Crippen LogP contribution >= 0.6 is 0 Å². The second kappa shape index (κ2) is 4.84. The summed E-state index contributed by atoms with van der Waals surface area (Å²) < 4.78 is 12.0. The second-order valence-electron chi connectivity index (χ2n) is 5.72. The molecule has 19 heavy (non-hydrogen) atoms. The Bertz CT molecular complexity index is 510. The summed E-state index contributed by atoms with van der Waals surface area (Å²) in [5.74, 6) is 0. The van der Waals surface area contributed by atoms with E-state index in [0.717, 1.165) is 11.0 Å². The Labute approximate surface area is 115 Å². The first-order valence-corrected chi connectivity index (χ1v) is 6.37. The Morgan fingerprint density at radius 3 is 2.05 bits per heavy atom. The van der Waals surface area contributed by atoms with Crippen molar-refractivity contribution in [3.05, 3.63) is 35.9 Å². The van der Waals surface area contributed by atoms with Gasteiger partial charge in [-0.1, -0.05) is 24.3 Å². The van der Waals surface area contributed by atoms with E-state index < -0.39 is 0 Å². The van der Waals surface area contributed by atoms with Crippen LogP contribution < -0.4 is 5.46 Å². The molecular weight excluding hydrogens is 237 g/mol. The van der Waals surface area contributed by atoms with Gasteiger partial charge in [-0.25, -0.2) is 0 Å². The largest absolute Gasteiger partial charge is 0.494 e. The number of allylic oxidation sites excluding steroid dienone is 1. The van der Waals surface area contributed by atoms with Gasteiger partial charge in [-0.2, -0.15) is 5.26 Å². The van der Waals surface area contributed by atoms with Crippen LogP contribution in [0.4, 0.5) is 0 Å². The summed E-state index contributed by atoms with van der Waals surface area (Å²) in [6.45, 7) is 8.15. The number of nitriles is 1. The maximum absolute atomic E-state index is 8.49. The van der Waals surface area contributed by atoms with Crippen molar-refractivity contribution >= 4 is 18.7 Å². The topological polar surface area (TPSA) is 42.2 Å². The molecule has 0 amide bonds. The van der Waals surface area contributed by atoms with E-state index in [1.165, 1.54) is 6.08 Å². The van der Waals surface area contributed by atoms with Gasteiger partial charge in [0.05, 0.1) is 17.3 Å². The zero-order valence-electron chi connectivity index (χ0n) is 11.8. The molecule has 0 atom stereocenters. The van der Waals surface area contributed by atoms with Gasteiger partial charge in [-0.3, -0.25) is 0 Å². The van der Waals surface area contributed by atoms with Crippen LogP contribution in [0.2, 0.25) is 0 Å². The molecule has 0 aromatic heterocycles. The molecule has 0 aliphatic carbocycles. The molecule has 1 heterocycles. The molecule has 98 valence electrons. The number of hydrogen-bond acceptors (Lipinski definition) is 3. The smallest absolute Gasteiger partial charge is 0.399 e. The Morgan fingerprint density at radius 1 is 1.05 bits per heavy atom.